The molecule has 1 aromatic rings. The van der Waals surface area contributed by atoms with Crippen molar-refractivity contribution in [3.63, 3.8) is 0 Å². The van der Waals surface area contributed by atoms with Gasteiger partial charge in [-0.3, -0.25) is 0 Å². The topological polar surface area (TPSA) is 37.4 Å². The lowest BCUT2D eigenvalue weighted by atomic mass is 10.2. The second-order valence-corrected chi connectivity index (χ2v) is 4.07. The lowest BCUT2D eigenvalue weighted by Gasteiger charge is -2.18. The molecule has 0 amide bonds. The van der Waals surface area contributed by atoms with Crippen LogP contribution in [0.4, 0.5) is 5.82 Å². The highest BCUT2D eigenvalue weighted by Gasteiger charge is 2.02. The molecule has 0 fully saturated rings. The minimum Gasteiger partial charge on any atom is -0.385 e. The number of rotatable bonds is 8. The fourth-order valence-electron chi connectivity index (χ4n) is 1.61. The van der Waals surface area contributed by atoms with Gasteiger partial charge in [0, 0.05) is 40.1 Å². The summed E-state index contributed by atoms with van der Waals surface area (Å²) in [6, 6.07) is 4.19. The van der Waals surface area contributed by atoms with Crippen molar-refractivity contribution in [2.24, 2.45) is 0 Å². The minimum absolute atomic E-state index is 0.793. The highest BCUT2D eigenvalue weighted by Crippen LogP contribution is 2.11. The molecule has 4 heteroatoms. The van der Waals surface area contributed by atoms with Crippen LogP contribution in [0.25, 0.3) is 0 Å². The van der Waals surface area contributed by atoms with Gasteiger partial charge in [0.05, 0.1) is 0 Å². The first-order chi connectivity index (χ1) is 8.27. The van der Waals surface area contributed by atoms with Gasteiger partial charge < -0.3 is 15.0 Å². The predicted octanol–water partition coefficient (Wildman–Crippen LogP) is 1.66. The van der Waals surface area contributed by atoms with Gasteiger partial charge in [0.25, 0.3) is 0 Å². The van der Waals surface area contributed by atoms with Gasteiger partial charge in [0.1, 0.15) is 5.82 Å². The zero-order valence-corrected chi connectivity index (χ0v) is 11.1. The largest absolute Gasteiger partial charge is 0.385 e. The van der Waals surface area contributed by atoms with Crippen LogP contribution in [-0.2, 0) is 11.3 Å². The highest BCUT2D eigenvalue weighted by atomic mass is 16.5. The molecule has 0 aromatic carbocycles. The number of anilines is 1. The van der Waals surface area contributed by atoms with Gasteiger partial charge in [0.15, 0.2) is 0 Å². The smallest absolute Gasteiger partial charge is 0.128 e. The molecule has 4 nitrogen and oxygen atoms in total. The van der Waals surface area contributed by atoms with Crippen LogP contribution in [0.5, 0.6) is 0 Å². The lowest BCUT2D eigenvalue weighted by molar-refractivity contribution is 0.196. The molecular weight excluding hydrogens is 214 g/mol. The number of aromatic nitrogens is 1. The molecular formula is C13H23N3O. The Morgan fingerprint density at radius 2 is 2.29 bits per heavy atom. The maximum atomic E-state index is 5.05. The predicted molar refractivity (Wildman–Crippen MR) is 71.4 cm³/mol. The first kappa shape index (κ1) is 13.9. The number of pyridine rings is 1. The zero-order valence-electron chi connectivity index (χ0n) is 11.1. The van der Waals surface area contributed by atoms with Crippen molar-refractivity contribution in [3.8, 4) is 0 Å². The van der Waals surface area contributed by atoms with Gasteiger partial charge in [-0.2, -0.15) is 0 Å². The number of hydrogen-bond donors (Lipinski definition) is 1. The van der Waals surface area contributed by atoms with E-state index in [0.29, 0.717) is 0 Å². The van der Waals surface area contributed by atoms with Gasteiger partial charge in [-0.05, 0) is 30.7 Å². The summed E-state index contributed by atoms with van der Waals surface area (Å²) in [6.45, 7) is 5.76. The number of nitrogens with zero attached hydrogens (tertiary/aromatic N) is 2. The molecule has 0 spiro atoms. The Morgan fingerprint density at radius 1 is 1.47 bits per heavy atom. The van der Waals surface area contributed by atoms with Crippen LogP contribution in [0.2, 0.25) is 0 Å². The van der Waals surface area contributed by atoms with Crippen molar-refractivity contribution in [1.29, 1.82) is 0 Å². The van der Waals surface area contributed by atoms with Crippen molar-refractivity contribution < 1.29 is 4.74 Å². The first-order valence-corrected chi connectivity index (χ1v) is 6.13. The average Bonchev–Trinajstić information content (AvgIpc) is 2.37. The van der Waals surface area contributed by atoms with Crippen molar-refractivity contribution in [2.75, 3.05) is 38.8 Å². The van der Waals surface area contributed by atoms with E-state index in [1.54, 1.807) is 7.11 Å². The number of nitrogens with one attached hydrogen (secondary N) is 1. The monoisotopic (exact) mass is 237 g/mol. The SMILES string of the molecule is CCNCc1ccnc(N(C)CCCOC)c1. The molecule has 1 rings (SSSR count). The van der Waals surface area contributed by atoms with Crippen LogP contribution in [-0.4, -0.2) is 38.8 Å². The first-order valence-electron chi connectivity index (χ1n) is 6.13. The van der Waals surface area contributed by atoms with Crippen LogP contribution in [0.1, 0.15) is 18.9 Å². The summed E-state index contributed by atoms with van der Waals surface area (Å²) < 4.78 is 5.05. The summed E-state index contributed by atoms with van der Waals surface area (Å²) >= 11 is 0. The molecule has 0 aliphatic carbocycles. The summed E-state index contributed by atoms with van der Waals surface area (Å²) in [6.07, 6.45) is 2.89. The van der Waals surface area contributed by atoms with E-state index >= 15 is 0 Å². The second kappa shape index (κ2) is 8.03. The fraction of sp³-hybridized carbons (Fsp3) is 0.615. The van der Waals surface area contributed by atoms with Gasteiger partial charge in [0.2, 0.25) is 0 Å². The lowest BCUT2D eigenvalue weighted by Crippen LogP contribution is -2.21. The molecule has 0 atom stereocenters. The van der Waals surface area contributed by atoms with Crippen LogP contribution in [0.3, 0.4) is 0 Å². The standard InChI is InChI=1S/C13H23N3O/c1-4-14-11-12-6-7-15-13(10-12)16(2)8-5-9-17-3/h6-7,10,14H,4-5,8-9,11H2,1-3H3. The van der Waals surface area contributed by atoms with E-state index in [-0.39, 0.29) is 0 Å². The van der Waals surface area contributed by atoms with E-state index in [1.807, 2.05) is 6.20 Å². The number of ether oxygens (including phenoxy) is 1. The van der Waals surface area contributed by atoms with E-state index in [0.717, 1.165) is 38.5 Å². The molecule has 0 aliphatic heterocycles. The molecule has 0 radical (unpaired) electrons. The van der Waals surface area contributed by atoms with Crippen molar-refractivity contribution >= 4 is 5.82 Å². The van der Waals surface area contributed by atoms with Gasteiger partial charge in [-0.1, -0.05) is 6.92 Å². The maximum Gasteiger partial charge on any atom is 0.128 e. The number of methoxy groups -OCH3 is 1. The van der Waals surface area contributed by atoms with Crippen molar-refractivity contribution in [2.45, 2.75) is 19.9 Å². The molecule has 0 saturated carbocycles. The van der Waals surface area contributed by atoms with E-state index in [1.165, 1.54) is 5.56 Å². The van der Waals surface area contributed by atoms with Crippen LogP contribution in [0.15, 0.2) is 18.3 Å². The third-order valence-electron chi connectivity index (χ3n) is 2.62. The van der Waals surface area contributed by atoms with E-state index in [4.69, 9.17) is 4.74 Å². The summed E-state index contributed by atoms with van der Waals surface area (Å²) in [7, 11) is 3.80. The molecule has 0 bridgehead atoms. The van der Waals surface area contributed by atoms with Gasteiger partial charge in [-0.25, -0.2) is 4.98 Å². The Balaban J connectivity index is 2.51. The summed E-state index contributed by atoms with van der Waals surface area (Å²) in [5.41, 5.74) is 1.27. The van der Waals surface area contributed by atoms with E-state index in [2.05, 4.69) is 41.3 Å². The van der Waals surface area contributed by atoms with Crippen LogP contribution in [0, 0.1) is 0 Å². The van der Waals surface area contributed by atoms with Crippen molar-refractivity contribution in [1.82, 2.24) is 10.3 Å². The Morgan fingerprint density at radius 3 is 3.00 bits per heavy atom. The Hall–Kier alpha value is -1.13. The summed E-state index contributed by atoms with van der Waals surface area (Å²) in [5, 5.41) is 3.32. The molecule has 1 heterocycles. The highest BCUT2D eigenvalue weighted by molar-refractivity contribution is 5.39. The molecule has 0 unspecified atom stereocenters. The van der Waals surface area contributed by atoms with E-state index < -0.39 is 0 Å². The van der Waals surface area contributed by atoms with Crippen LogP contribution < -0.4 is 10.2 Å². The molecule has 0 aliphatic rings. The molecule has 96 valence electrons. The molecule has 17 heavy (non-hydrogen) atoms. The van der Waals surface area contributed by atoms with Crippen LogP contribution >= 0.6 is 0 Å². The van der Waals surface area contributed by atoms with Gasteiger partial charge in [-0.15, -0.1) is 0 Å². The number of hydrogen-bond acceptors (Lipinski definition) is 4. The second-order valence-electron chi connectivity index (χ2n) is 4.07. The fourth-order valence-corrected chi connectivity index (χ4v) is 1.61. The molecule has 0 saturated heterocycles. The Kier molecular flexibility index (Phi) is 6.58. The Bertz CT molecular complexity index is 317. The molecule has 1 N–H and O–H groups in total. The average molecular weight is 237 g/mol. The normalized spacial score (nSPS) is 10.5. The quantitative estimate of drug-likeness (QED) is 0.698. The minimum atomic E-state index is 0.793. The zero-order chi connectivity index (χ0) is 12.5. The maximum absolute atomic E-state index is 5.05. The van der Waals surface area contributed by atoms with Crippen molar-refractivity contribution in [3.05, 3.63) is 23.9 Å². The van der Waals surface area contributed by atoms with E-state index in [9.17, 15) is 0 Å². The van der Waals surface area contributed by atoms with Gasteiger partial charge >= 0.3 is 0 Å². The molecule has 1 aromatic heterocycles. The third kappa shape index (κ3) is 5.15. The summed E-state index contributed by atoms with van der Waals surface area (Å²) in [4.78, 5) is 6.54. The third-order valence-corrected chi connectivity index (χ3v) is 2.62. The summed E-state index contributed by atoms with van der Waals surface area (Å²) in [5.74, 6) is 1.02. The Labute approximate surface area is 104 Å².